The Balaban J connectivity index is 2.25. The molecule has 0 spiro atoms. The number of aromatic carboxylic acids is 1. The van der Waals surface area contributed by atoms with Crippen molar-refractivity contribution in [1.29, 1.82) is 0 Å². The van der Waals surface area contributed by atoms with E-state index in [4.69, 9.17) is 9.84 Å². The van der Waals surface area contributed by atoms with Gasteiger partial charge in [-0.1, -0.05) is 0 Å². The summed E-state index contributed by atoms with van der Waals surface area (Å²) in [6.07, 6.45) is 2.34. The Kier molecular flexibility index (Phi) is 3.52. The van der Waals surface area contributed by atoms with E-state index in [0.29, 0.717) is 4.47 Å². The molecular weight excluding hydrogens is 307 g/mol. The highest BCUT2D eigenvalue weighted by Gasteiger charge is 2.08. The molecule has 92 valence electrons. The Labute approximate surface area is 109 Å². The van der Waals surface area contributed by atoms with Crippen molar-refractivity contribution in [3.05, 3.63) is 46.6 Å². The van der Waals surface area contributed by atoms with Crippen LogP contribution in [0, 0.1) is 5.82 Å². The van der Waals surface area contributed by atoms with Gasteiger partial charge in [0, 0.05) is 6.07 Å². The van der Waals surface area contributed by atoms with E-state index in [-0.39, 0.29) is 17.3 Å². The second-order valence-corrected chi connectivity index (χ2v) is 4.08. The molecule has 18 heavy (non-hydrogen) atoms. The molecule has 0 atom stereocenters. The summed E-state index contributed by atoms with van der Waals surface area (Å²) in [6.45, 7) is 0. The molecule has 1 heterocycles. The maximum atomic E-state index is 13.2. The van der Waals surface area contributed by atoms with Crippen molar-refractivity contribution in [3.8, 4) is 11.6 Å². The lowest BCUT2D eigenvalue weighted by Gasteiger charge is -2.05. The summed E-state index contributed by atoms with van der Waals surface area (Å²) in [4.78, 5) is 18.1. The summed E-state index contributed by atoms with van der Waals surface area (Å²) >= 11 is 3.01. The largest absolute Gasteiger partial charge is 0.476 e. The van der Waals surface area contributed by atoms with Crippen LogP contribution in [0.4, 0.5) is 4.39 Å². The van der Waals surface area contributed by atoms with E-state index in [2.05, 4.69) is 25.9 Å². The van der Waals surface area contributed by atoms with Crippen molar-refractivity contribution in [2.45, 2.75) is 0 Å². The quantitative estimate of drug-likeness (QED) is 0.943. The van der Waals surface area contributed by atoms with E-state index >= 15 is 0 Å². The summed E-state index contributed by atoms with van der Waals surface area (Å²) in [6, 6.07) is 4.14. The first-order chi connectivity index (χ1) is 8.56. The zero-order chi connectivity index (χ0) is 13.1. The van der Waals surface area contributed by atoms with E-state index in [1.54, 1.807) is 0 Å². The topological polar surface area (TPSA) is 72.3 Å². The van der Waals surface area contributed by atoms with Crippen LogP contribution in [0.15, 0.2) is 35.1 Å². The summed E-state index contributed by atoms with van der Waals surface area (Å²) in [5, 5.41) is 8.73. The number of halogens is 2. The predicted molar refractivity (Wildman–Crippen MR) is 63.2 cm³/mol. The smallest absolute Gasteiger partial charge is 0.356 e. The molecule has 0 unspecified atom stereocenters. The summed E-state index contributed by atoms with van der Waals surface area (Å²) in [5.41, 5.74) is -0.245. The van der Waals surface area contributed by atoms with Crippen molar-refractivity contribution in [1.82, 2.24) is 9.97 Å². The fourth-order valence-electron chi connectivity index (χ4n) is 1.16. The van der Waals surface area contributed by atoms with Gasteiger partial charge in [0.05, 0.1) is 16.9 Å². The van der Waals surface area contributed by atoms with Crippen molar-refractivity contribution in [2.75, 3.05) is 0 Å². The number of hydrogen-bond donors (Lipinski definition) is 1. The monoisotopic (exact) mass is 312 g/mol. The van der Waals surface area contributed by atoms with Gasteiger partial charge >= 0.3 is 5.97 Å². The van der Waals surface area contributed by atoms with E-state index in [1.807, 2.05) is 0 Å². The molecule has 0 aliphatic rings. The minimum absolute atomic E-state index is 0.0170. The molecule has 0 saturated heterocycles. The standard InChI is InChI=1S/C11H6BrFN2O3/c12-7-2-1-6(3-8(7)13)18-10-5-14-4-9(15-10)11(16)17/h1-5H,(H,16,17). The van der Waals surface area contributed by atoms with Gasteiger partial charge in [0.1, 0.15) is 11.6 Å². The van der Waals surface area contributed by atoms with Gasteiger partial charge in [-0.05, 0) is 28.1 Å². The van der Waals surface area contributed by atoms with E-state index in [9.17, 15) is 9.18 Å². The molecule has 1 N–H and O–H groups in total. The molecule has 0 aliphatic heterocycles. The minimum atomic E-state index is -1.21. The average Bonchev–Trinajstić information content (AvgIpc) is 2.34. The third kappa shape index (κ3) is 2.80. The van der Waals surface area contributed by atoms with Crippen molar-refractivity contribution in [2.24, 2.45) is 0 Å². The maximum absolute atomic E-state index is 13.2. The number of nitrogens with zero attached hydrogens (tertiary/aromatic N) is 2. The van der Waals surface area contributed by atoms with E-state index in [0.717, 1.165) is 12.3 Å². The summed E-state index contributed by atoms with van der Waals surface area (Å²) in [5.74, 6) is -1.52. The van der Waals surface area contributed by atoms with Crippen molar-refractivity contribution in [3.63, 3.8) is 0 Å². The number of carbonyl (C=O) groups is 1. The van der Waals surface area contributed by atoms with Crippen LogP contribution in [0.3, 0.4) is 0 Å². The molecule has 0 radical (unpaired) electrons. The van der Waals surface area contributed by atoms with Crippen molar-refractivity contribution >= 4 is 21.9 Å². The second-order valence-electron chi connectivity index (χ2n) is 3.23. The SMILES string of the molecule is O=C(O)c1cncc(Oc2ccc(Br)c(F)c2)n1. The molecule has 7 heteroatoms. The Morgan fingerprint density at radius 2 is 2.17 bits per heavy atom. The molecule has 1 aromatic carbocycles. The van der Waals surface area contributed by atoms with Gasteiger partial charge in [-0.15, -0.1) is 0 Å². The Bertz CT molecular complexity index is 607. The molecule has 5 nitrogen and oxygen atoms in total. The predicted octanol–water partition coefficient (Wildman–Crippen LogP) is 2.87. The third-order valence-corrected chi connectivity index (χ3v) is 2.59. The summed E-state index contributed by atoms with van der Waals surface area (Å²) < 4.78 is 18.7. The summed E-state index contributed by atoms with van der Waals surface area (Å²) in [7, 11) is 0. The lowest BCUT2D eigenvalue weighted by atomic mass is 10.3. The molecule has 2 aromatic rings. The molecule has 1 aromatic heterocycles. The zero-order valence-corrected chi connectivity index (χ0v) is 10.4. The van der Waals surface area contributed by atoms with Gasteiger partial charge in [0.2, 0.25) is 5.88 Å². The van der Waals surface area contributed by atoms with Gasteiger partial charge in [-0.2, -0.15) is 0 Å². The number of hydrogen-bond acceptors (Lipinski definition) is 4. The van der Waals surface area contributed by atoms with E-state index < -0.39 is 11.8 Å². The van der Waals surface area contributed by atoms with Gasteiger partial charge in [-0.25, -0.2) is 14.2 Å². The number of rotatable bonds is 3. The maximum Gasteiger partial charge on any atom is 0.356 e. The van der Waals surface area contributed by atoms with Gasteiger partial charge in [0.15, 0.2) is 5.69 Å². The lowest BCUT2D eigenvalue weighted by molar-refractivity contribution is 0.0689. The van der Waals surface area contributed by atoms with Crippen LogP contribution < -0.4 is 4.74 Å². The van der Waals surface area contributed by atoms with Crippen LogP contribution >= 0.6 is 15.9 Å². The molecule has 2 rings (SSSR count). The van der Waals surface area contributed by atoms with Crippen LogP contribution in [-0.2, 0) is 0 Å². The Hall–Kier alpha value is -2.02. The number of carboxylic acids is 1. The minimum Gasteiger partial charge on any atom is -0.476 e. The fraction of sp³-hybridized carbons (Fsp3) is 0. The van der Waals surface area contributed by atoms with Crippen molar-refractivity contribution < 1.29 is 19.0 Å². The molecule has 0 aliphatic carbocycles. The van der Waals surface area contributed by atoms with Gasteiger partial charge < -0.3 is 9.84 Å². The van der Waals surface area contributed by atoms with Crippen LogP contribution in [-0.4, -0.2) is 21.0 Å². The molecule has 0 bridgehead atoms. The molecular formula is C11H6BrFN2O3. The number of ether oxygens (including phenoxy) is 1. The zero-order valence-electron chi connectivity index (χ0n) is 8.80. The third-order valence-electron chi connectivity index (χ3n) is 1.95. The molecule has 0 amide bonds. The first-order valence-corrected chi connectivity index (χ1v) is 5.54. The highest BCUT2D eigenvalue weighted by Crippen LogP contribution is 2.24. The van der Waals surface area contributed by atoms with Crippen LogP contribution in [0.1, 0.15) is 10.5 Å². The average molecular weight is 313 g/mol. The number of carboxylic acid groups (broad SMARTS) is 1. The molecule has 0 saturated carbocycles. The highest BCUT2D eigenvalue weighted by molar-refractivity contribution is 9.10. The number of benzene rings is 1. The van der Waals surface area contributed by atoms with Gasteiger partial charge in [-0.3, -0.25) is 4.98 Å². The van der Waals surface area contributed by atoms with Crippen LogP contribution in [0.2, 0.25) is 0 Å². The highest BCUT2D eigenvalue weighted by atomic mass is 79.9. The first kappa shape index (κ1) is 12.4. The normalized spacial score (nSPS) is 10.1. The lowest BCUT2D eigenvalue weighted by Crippen LogP contribution is -2.02. The van der Waals surface area contributed by atoms with Gasteiger partial charge in [0.25, 0.3) is 0 Å². The molecule has 0 fully saturated rings. The number of aromatic nitrogens is 2. The van der Waals surface area contributed by atoms with Crippen LogP contribution in [0.5, 0.6) is 11.6 Å². The van der Waals surface area contributed by atoms with E-state index in [1.165, 1.54) is 18.3 Å². The second kappa shape index (κ2) is 5.09. The Morgan fingerprint density at radius 1 is 1.39 bits per heavy atom. The fourth-order valence-corrected chi connectivity index (χ4v) is 1.41. The Morgan fingerprint density at radius 3 is 2.83 bits per heavy atom. The first-order valence-electron chi connectivity index (χ1n) is 4.74. The van der Waals surface area contributed by atoms with Crippen LogP contribution in [0.25, 0.3) is 0 Å².